The molecule has 0 aliphatic rings. The minimum Gasteiger partial charge on any atom is -0.374 e. The van der Waals surface area contributed by atoms with E-state index in [4.69, 9.17) is 0 Å². The maximum absolute atomic E-state index is 4.39. The van der Waals surface area contributed by atoms with Gasteiger partial charge in [0.05, 0.1) is 23.9 Å². The zero-order valence-corrected chi connectivity index (χ0v) is 11.5. The van der Waals surface area contributed by atoms with Gasteiger partial charge in [-0.3, -0.25) is 0 Å². The molecule has 0 atom stereocenters. The third-order valence-corrected chi connectivity index (χ3v) is 3.66. The molecule has 1 N–H and O–H groups in total. The summed E-state index contributed by atoms with van der Waals surface area (Å²) in [4.78, 5) is 4.39. The minimum atomic E-state index is 0.697. The first-order valence-corrected chi connectivity index (χ1v) is 7.11. The predicted octanol–water partition coefficient (Wildman–Crippen LogP) is 2.76. The summed E-state index contributed by atoms with van der Waals surface area (Å²) in [5.74, 6) is 0. The van der Waals surface area contributed by atoms with Gasteiger partial charge in [-0.05, 0) is 18.6 Å². The molecule has 19 heavy (non-hydrogen) atoms. The molecule has 0 saturated heterocycles. The fourth-order valence-electron chi connectivity index (χ4n) is 1.98. The highest BCUT2D eigenvalue weighted by atomic mass is 32.1. The zero-order valence-electron chi connectivity index (χ0n) is 10.7. The van der Waals surface area contributed by atoms with Crippen LogP contribution in [0.4, 0.5) is 5.00 Å². The van der Waals surface area contributed by atoms with E-state index in [1.54, 1.807) is 0 Å². The van der Waals surface area contributed by atoms with Gasteiger partial charge in [0.25, 0.3) is 0 Å². The molecule has 6 heteroatoms. The number of hydrogen-bond acceptors (Lipinski definition) is 5. The summed E-state index contributed by atoms with van der Waals surface area (Å²) in [6.45, 7) is 3.79. The quantitative estimate of drug-likeness (QED) is 0.776. The maximum atomic E-state index is 4.39. The molecule has 0 amide bonds. The first-order chi connectivity index (χ1) is 9.38. The van der Waals surface area contributed by atoms with Crippen molar-refractivity contribution in [3.63, 3.8) is 0 Å². The van der Waals surface area contributed by atoms with Gasteiger partial charge in [0.15, 0.2) is 0 Å². The van der Waals surface area contributed by atoms with Gasteiger partial charge >= 0.3 is 0 Å². The Bertz CT molecular complexity index is 672. The van der Waals surface area contributed by atoms with Crippen LogP contribution in [-0.2, 0) is 6.54 Å². The normalized spacial score (nSPS) is 11.0. The van der Waals surface area contributed by atoms with E-state index in [1.165, 1.54) is 11.5 Å². The van der Waals surface area contributed by atoms with Crippen molar-refractivity contribution < 1.29 is 0 Å². The molecule has 0 unspecified atom stereocenters. The van der Waals surface area contributed by atoms with E-state index in [0.29, 0.717) is 6.54 Å². The molecule has 5 nitrogen and oxygen atoms in total. The zero-order chi connectivity index (χ0) is 13.1. The third kappa shape index (κ3) is 2.44. The summed E-state index contributed by atoms with van der Waals surface area (Å²) < 4.78 is 6.13. The Morgan fingerprint density at radius 1 is 1.32 bits per heavy atom. The Balaban J connectivity index is 1.87. The van der Waals surface area contributed by atoms with Crippen LogP contribution in [0.15, 0.2) is 30.6 Å². The summed E-state index contributed by atoms with van der Waals surface area (Å²) in [7, 11) is 0. The Hall–Kier alpha value is -1.95. The number of hydrogen-bond donors (Lipinski definition) is 1. The number of nitrogens with zero attached hydrogens (tertiary/aromatic N) is 4. The standard InChI is InChI=1S/C13H15N5S/c1-2-7-14-13-11(16-17-19-13)8-18-9-15-10-5-3-4-6-12(10)18/h3-6,9,14H,2,7-8H2,1H3. The van der Waals surface area contributed by atoms with E-state index in [0.717, 1.165) is 34.7 Å². The van der Waals surface area contributed by atoms with Crippen molar-refractivity contribution in [2.45, 2.75) is 19.9 Å². The average molecular weight is 273 g/mol. The van der Waals surface area contributed by atoms with Crippen molar-refractivity contribution in [3.8, 4) is 0 Å². The van der Waals surface area contributed by atoms with Gasteiger partial charge < -0.3 is 9.88 Å². The Kier molecular flexibility index (Phi) is 3.41. The average Bonchev–Trinajstić information content (AvgIpc) is 3.05. The molecule has 0 aliphatic heterocycles. The van der Waals surface area contributed by atoms with Gasteiger partial charge in [0.1, 0.15) is 10.7 Å². The van der Waals surface area contributed by atoms with Gasteiger partial charge in [-0.25, -0.2) is 4.98 Å². The van der Waals surface area contributed by atoms with Gasteiger partial charge in [0, 0.05) is 18.1 Å². The third-order valence-electron chi connectivity index (χ3n) is 2.94. The summed E-state index contributed by atoms with van der Waals surface area (Å²) in [5, 5.41) is 8.63. The fraction of sp³-hybridized carbons (Fsp3) is 0.308. The van der Waals surface area contributed by atoms with Gasteiger partial charge in [-0.2, -0.15) is 0 Å². The first kappa shape index (κ1) is 12.1. The van der Waals surface area contributed by atoms with Gasteiger partial charge in [-0.15, -0.1) is 5.10 Å². The number of anilines is 1. The lowest BCUT2D eigenvalue weighted by atomic mass is 10.3. The van der Waals surface area contributed by atoms with E-state index >= 15 is 0 Å². The summed E-state index contributed by atoms with van der Waals surface area (Å²) in [6.07, 6.45) is 2.94. The molecular formula is C13H15N5S. The molecule has 98 valence electrons. The SMILES string of the molecule is CCCNc1snnc1Cn1cnc2ccccc21. The molecule has 0 saturated carbocycles. The van der Waals surface area contributed by atoms with Gasteiger partial charge in [0.2, 0.25) is 0 Å². The number of para-hydroxylation sites is 2. The van der Waals surface area contributed by atoms with E-state index in [2.05, 4.69) is 37.4 Å². The van der Waals surface area contributed by atoms with Crippen LogP contribution < -0.4 is 5.32 Å². The summed E-state index contributed by atoms with van der Waals surface area (Å²) >= 11 is 1.41. The van der Waals surface area contributed by atoms with Crippen LogP contribution in [0.5, 0.6) is 0 Å². The van der Waals surface area contributed by atoms with Crippen molar-refractivity contribution in [3.05, 3.63) is 36.3 Å². The molecule has 2 aromatic heterocycles. The van der Waals surface area contributed by atoms with Crippen LogP contribution in [0, 0.1) is 0 Å². The lowest BCUT2D eigenvalue weighted by molar-refractivity contribution is 0.790. The van der Waals surface area contributed by atoms with Crippen LogP contribution in [0.3, 0.4) is 0 Å². The molecule has 0 spiro atoms. The minimum absolute atomic E-state index is 0.697. The van der Waals surface area contributed by atoms with E-state index < -0.39 is 0 Å². The summed E-state index contributed by atoms with van der Waals surface area (Å²) in [5.41, 5.74) is 3.10. The molecule has 2 heterocycles. The van der Waals surface area contributed by atoms with E-state index in [1.807, 2.05) is 24.5 Å². The molecular weight excluding hydrogens is 258 g/mol. The van der Waals surface area contributed by atoms with Crippen LogP contribution in [0.25, 0.3) is 11.0 Å². The second kappa shape index (κ2) is 5.36. The number of imidazole rings is 1. The lowest BCUT2D eigenvalue weighted by Gasteiger charge is -2.05. The fourth-order valence-corrected chi connectivity index (χ4v) is 2.58. The highest BCUT2D eigenvalue weighted by Gasteiger charge is 2.09. The smallest absolute Gasteiger partial charge is 0.135 e. The molecule has 0 bridgehead atoms. The molecule has 0 radical (unpaired) electrons. The van der Waals surface area contributed by atoms with E-state index in [9.17, 15) is 0 Å². The van der Waals surface area contributed by atoms with Crippen molar-refractivity contribution >= 4 is 27.6 Å². The topological polar surface area (TPSA) is 55.6 Å². The largest absolute Gasteiger partial charge is 0.374 e. The monoisotopic (exact) mass is 273 g/mol. The maximum Gasteiger partial charge on any atom is 0.135 e. The Labute approximate surface area is 115 Å². The number of rotatable bonds is 5. The predicted molar refractivity (Wildman–Crippen MR) is 77.5 cm³/mol. The molecule has 3 aromatic rings. The van der Waals surface area contributed by atoms with Gasteiger partial charge in [-0.1, -0.05) is 23.5 Å². The van der Waals surface area contributed by atoms with Crippen molar-refractivity contribution in [2.24, 2.45) is 0 Å². The highest BCUT2D eigenvalue weighted by Crippen LogP contribution is 2.20. The van der Waals surface area contributed by atoms with Crippen LogP contribution in [0.1, 0.15) is 19.0 Å². The molecule has 0 aliphatic carbocycles. The van der Waals surface area contributed by atoms with Crippen LogP contribution >= 0.6 is 11.5 Å². The number of fused-ring (bicyclic) bond motifs is 1. The molecule has 0 fully saturated rings. The Morgan fingerprint density at radius 2 is 2.21 bits per heavy atom. The van der Waals surface area contributed by atoms with Crippen LogP contribution in [-0.4, -0.2) is 25.7 Å². The number of benzene rings is 1. The second-order valence-electron chi connectivity index (χ2n) is 4.34. The Morgan fingerprint density at radius 3 is 3.11 bits per heavy atom. The van der Waals surface area contributed by atoms with Crippen LogP contribution in [0.2, 0.25) is 0 Å². The number of nitrogens with one attached hydrogen (secondary N) is 1. The first-order valence-electron chi connectivity index (χ1n) is 6.33. The number of aromatic nitrogens is 4. The molecule has 3 rings (SSSR count). The lowest BCUT2D eigenvalue weighted by Crippen LogP contribution is -2.04. The van der Waals surface area contributed by atoms with Crippen molar-refractivity contribution in [1.82, 2.24) is 19.1 Å². The highest BCUT2D eigenvalue weighted by molar-refractivity contribution is 7.10. The van der Waals surface area contributed by atoms with Crippen molar-refractivity contribution in [2.75, 3.05) is 11.9 Å². The van der Waals surface area contributed by atoms with Crippen molar-refractivity contribution in [1.29, 1.82) is 0 Å². The molecule has 1 aromatic carbocycles. The van der Waals surface area contributed by atoms with E-state index in [-0.39, 0.29) is 0 Å². The second-order valence-corrected chi connectivity index (χ2v) is 5.09. The summed E-state index contributed by atoms with van der Waals surface area (Å²) in [6, 6.07) is 8.11.